The summed E-state index contributed by atoms with van der Waals surface area (Å²) in [7, 11) is 1.66. The van der Waals surface area contributed by atoms with E-state index in [1.54, 1.807) is 75.2 Å². The molecule has 10 heterocycles. The van der Waals surface area contributed by atoms with Crippen LogP contribution in [-0.2, 0) is 64.8 Å². The first-order valence-corrected chi connectivity index (χ1v) is 40.5. The highest BCUT2D eigenvalue weighted by Crippen LogP contribution is 2.36. The molecule has 5 aromatic heterocycles. The van der Waals surface area contributed by atoms with Gasteiger partial charge in [-0.3, -0.25) is 25.5 Å². The number of H-pyrrole nitrogens is 5. The zero-order valence-corrected chi connectivity index (χ0v) is 68.1. The Kier molecular flexibility index (Phi) is 26.0. The molecule has 9 aromatic carbocycles. The number of carbonyl (C=O) groups is 5. The minimum Gasteiger partial charge on any atom is -0.341 e. The molecule has 19 rings (SSSR count). The lowest BCUT2D eigenvalue weighted by atomic mass is 10.0. The van der Waals surface area contributed by atoms with E-state index in [4.69, 9.17) is 46.4 Å². The number of aromatic amines is 5. The van der Waals surface area contributed by atoms with Crippen molar-refractivity contribution in [2.45, 2.75) is 64.8 Å². The van der Waals surface area contributed by atoms with Crippen LogP contribution in [0, 0.1) is 5.82 Å². The largest absolute Gasteiger partial charge is 0.341 e. The second kappa shape index (κ2) is 38.3. The molecule has 14 aromatic rings. The lowest BCUT2D eigenvalue weighted by Gasteiger charge is -2.27. The van der Waals surface area contributed by atoms with Crippen molar-refractivity contribution in [1.29, 1.82) is 0 Å². The first kappa shape index (κ1) is 81.6. The molecular formula is C90H83Cl4FN20O5. The molecule has 0 aliphatic carbocycles. The highest BCUT2D eigenvalue weighted by molar-refractivity contribution is 6.33. The third-order valence-corrected chi connectivity index (χ3v) is 22.1. The van der Waals surface area contributed by atoms with Gasteiger partial charge in [-0.25, -0.2) is 28.4 Å². The van der Waals surface area contributed by atoms with Gasteiger partial charge in [0.15, 0.2) is 0 Å². The van der Waals surface area contributed by atoms with E-state index in [9.17, 15) is 28.4 Å². The summed E-state index contributed by atoms with van der Waals surface area (Å²) in [5, 5.41) is 53.6. The van der Waals surface area contributed by atoms with E-state index in [1.807, 2.05) is 181 Å². The molecular weight excluding hydrogens is 1600 g/mol. The first-order valence-electron chi connectivity index (χ1n) is 39.0. The normalized spacial score (nSPS) is 13.5. The van der Waals surface area contributed by atoms with Crippen LogP contribution in [0.5, 0.6) is 0 Å². The fourth-order valence-electron chi connectivity index (χ4n) is 14.7. The van der Waals surface area contributed by atoms with Crippen LogP contribution in [0.25, 0.3) is 56.3 Å². The molecule has 0 spiro atoms. The van der Waals surface area contributed by atoms with E-state index < -0.39 is 5.82 Å². The minimum atomic E-state index is -0.516. The van der Waals surface area contributed by atoms with Gasteiger partial charge in [-0.1, -0.05) is 216 Å². The van der Waals surface area contributed by atoms with Gasteiger partial charge in [-0.05, 0) is 72.8 Å². The summed E-state index contributed by atoms with van der Waals surface area (Å²) in [6, 6.07) is 74.9. The van der Waals surface area contributed by atoms with E-state index >= 15 is 0 Å². The van der Waals surface area contributed by atoms with Crippen molar-refractivity contribution in [3.63, 3.8) is 0 Å². The second-order valence-electron chi connectivity index (χ2n) is 28.7. The summed E-state index contributed by atoms with van der Waals surface area (Å²) in [5.41, 5.74) is 23.2. The molecule has 5 aliphatic rings. The highest BCUT2D eigenvalue weighted by atomic mass is 35.5. The van der Waals surface area contributed by atoms with Crippen LogP contribution >= 0.6 is 46.4 Å². The van der Waals surface area contributed by atoms with Crippen molar-refractivity contribution in [1.82, 2.24) is 80.8 Å². The average Bonchev–Trinajstić information content (AvgIpc) is 1.67. The second-order valence-corrected chi connectivity index (χ2v) is 30.4. The smallest absolute Gasteiger partial charge is 0.322 e. The Morgan fingerprint density at radius 3 is 0.933 bits per heavy atom. The van der Waals surface area contributed by atoms with Crippen LogP contribution in [0.3, 0.4) is 0 Å². The molecule has 0 bridgehead atoms. The molecule has 25 nitrogen and oxygen atoms in total. The molecule has 120 heavy (non-hydrogen) atoms. The monoisotopic (exact) mass is 1680 g/mol. The van der Waals surface area contributed by atoms with Crippen LogP contribution < -0.4 is 26.6 Å². The lowest BCUT2D eigenvalue weighted by Crippen LogP contribution is -2.41. The molecule has 30 heteroatoms. The summed E-state index contributed by atoms with van der Waals surface area (Å²) >= 11 is 23.8. The molecule has 5 aliphatic heterocycles. The molecule has 0 unspecified atom stereocenters. The Hall–Kier alpha value is -13.5. The molecule has 0 fully saturated rings. The van der Waals surface area contributed by atoms with Crippen LogP contribution in [0.2, 0.25) is 20.1 Å². The number of nitrogens with one attached hydrogen (secondary N) is 10. The molecule has 0 radical (unpaired) electrons. The molecule has 0 atom stereocenters. The number of hydrogen-bond donors (Lipinski definition) is 10. The van der Waals surface area contributed by atoms with Crippen LogP contribution in [-0.4, -0.2) is 145 Å². The van der Waals surface area contributed by atoms with E-state index in [1.165, 1.54) is 18.2 Å². The maximum absolute atomic E-state index is 13.3. The number of amides is 10. The zero-order valence-electron chi connectivity index (χ0n) is 65.1. The van der Waals surface area contributed by atoms with Gasteiger partial charge in [0.05, 0.1) is 76.9 Å². The number of nitrogens with zero attached hydrogens (tertiary/aromatic N) is 10. The van der Waals surface area contributed by atoms with E-state index in [0.29, 0.717) is 97.5 Å². The van der Waals surface area contributed by atoms with Crippen LogP contribution in [0.1, 0.15) is 56.3 Å². The third kappa shape index (κ3) is 19.7. The van der Waals surface area contributed by atoms with Gasteiger partial charge in [-0.15, -0.1) is 0 Å². The number of hydrogen-bond acceptors (Lipinski definition) is 10. The summed E-state index contributed by atoms with van der Waals surface area (Å²) in [5.74, 6) is -0.516. The third-order valence-electron chi connectivity index (χ3n) is 21.0. The quantitative estimate of drug-likeness (QED) is 0.0651. The summed E-state index contributed by atoms with van der Waals surface area (Å²) in [6.45, 7) is 5.89. The van der Waals surface area contributed by atoms with Crippen molar-refractivity contribution in [3.8, 4) is 56.3 Å². The van der Waals surface area contributed by atoms with E-state index in [-0.39, 0.29) is 35.2 Å². The number of aromatic nitrogens is 10. The fraction of sp³-hybridized carbons (Fsp3) is 0.178. The number of carbonyl (C=O) groups excluding carboxylic acids is 5. The number of para-hydroxylation sites is 1. The number of rotatable bonds is 9. The van der Waals surface area contributed by atoms with Gasteiger partial charge in [0, 0.05) is 183 Å². The standard InChI is InChI=1S/C19H16ClFN4O.3C19H17ClN4O.C14H16N4O/c20-15-10-13(6-7-16(15)21)22-19(26)25-9-8-17-14(11-25)18(24-23-17)12-4-2-1-3-5-12;20-15-8-4-5-9-17(15)21-19(25)24-11-10-16-14(12-24)18(23-22-16)13-6-2-1-3-7-13;20-14-7-4-8-15(11-14)21-19(25)24-10-9-17-16(12-24)18(23-22-17)13-5-2-1-3-6-13;20-14-6-8-15(9-7-14)21-19(25)24-11-10-17-16(12-24)18(23-22-17)13-4-2-1-3-5-13;1-15-14(19)18-8-7-12-11(9-18)13(17-16-12)10-5-3-2-4-6-10/h1-7,10H,8-9,11H2,(H,22,26)(H,23,24);1-9H,10-12H2,(H,21,25)(H,22,23);1-8,11H,9-10,12H2,(H,21,25)(H,22,23);1-9H,10-12H2,(H,21,25)(H,22,23);2-6H,7-9H2,1H3,(H,15,19)(H,16,17). The number of halogens is 5. The predicted octanol–water partition coefficient (Wildman–Crippen LogP) is 19.2. The molecule has 608 valence electrons. The maximum atomic E-state index is 13.3. The van der Waals surface area contributed by atoms with Gasteiger partial charge < -0.3 is 51.1 Å². The minimum absolute atomic E-state index is 0.0232. The maximum Gasteiger partial charge on any atom is 0.322 e. The molecule has 0 saturated heterocycles. The summed E-state index contributed by atoms with van der Waals surface area (Å²) in [4.78, 5) is 71.0. The summed E-state index contributed by atoms with van der Waals surface area (Å²) in [6.07, 6.45) is 3.81. The van der Waals surface area contributed by atoms with Gasteiger partial charge in [-0.2, -0.15) is 25.5 Å². The number of fused-ring (bicyclic) bond motifs is 5. The number of benzene rings is 9. The molecule has 10 amide bonds. The van der Waals surface area contributed by atoms with Gasteiger partial charge in [0.1, 0.15) is 5.82 Å². The van der Waals surface area contributed by atoms with Crippen LogP contribution in [0.15, 0.2) is 243 Å². The van der Waals surface area contributed by atoms with Crippen LogP contribution in [0.4, 0.5) is 51.1 Å². The molecule has 0 saturated carbocycles. The zero-order chi connectivity index (χ0) is 83.0. The fourth-order valence-corrected chi connectivity index (χ4v) is 15.4. The first-order chi connectivity index (χ1) is 58.5. The summed E-state index contributed by atoms with van der Waals surface area (Å²) < 4.78 is 13.3. The molecule has 10 N–H and O–H groups in total. The van der Waals surface area contributed by atoms with Crippen molar-refractivity contribution in [2.24, 2.45) is 0 Å². The Morgan fingerprint density at radius 2 is 0.608 bits per heavy atom. The number of urea groups is 5. The van der Waals surface area contributed by atoms with Gasteiger partial charge >= 0.3 is 30.2 Å². The predicted molar refractivity (Wildman–Crippen MR) is 467 cm³/mol. The van der Waals surface area contributed by atoms with Crippen molar-refractivity contribution in [3.05, 3.63) is 325 Å². The topological polar surface area (TPSA) is 305 Å². The Labute approximate surface area is 711 Å². The Morgan fingerprint density at radius 1 is 0.308 bits per heavy atom. The Balaban J connectivity index is 0.000000117. The van der Waals surface area contributed by atoms with E-state index in [2.05, 4.69) is 77.6 Å². The average molecular weight is 1690 g/mol. The van der Waals surface area contributed by atoms with Crippen molar-refractivity contribution >= 4 is 99.3 Å². The SMILES string of the molecule is CNC(=O)N1CCc2[nH]nc(-c3ccccc3)c2C1.O=C(Nc1ccc(Cl)cc1)N1CCc2[nH]nc(-c3ccccc3)c2C1.O=C(Nc1ccc(F)c(Cl)c1)N1CCc2[nH]nc(-c3ccccc3)c2C1.O=C(Nc1cccc(Cl)c1)N1CCc2[nH]nc(-c3ccccc3)c2C1.O=C(Nc1ccccc1Cl)N1CCc2[nH]nc(-c3ccccc3)c2C1. The lowest BCUT2D eigenvalue weighted by molar-refractivity contribution is 0.194. The highest BCUT2D eigenvalue weighted by Gasteiger charge is 2.32. The van der Waals surface area contributed by atoms with Gasteiger partial charge in [0.2, 0.25) is 0 Å². The Bertz CT molecular complexity index is 5910. The van der Waals surface area contributed by atoms with E-state index in [0.717, 1.165) is 150 Å². The van der Waals surface area contributed by atoms with Crippen molar-refractivity contribution in [2.75, 3.05) is 61.0 Å². The van der Waals surface area contributed by atoms with Gasteiger partial charge in [0.25, 0.3) is 0 Å². The van der Waals surface area contributed by atoms with Crippen molar-refractivity contribution < 1.29 is 28.4 Å². The number of anilines is 4.